The van der Waals surface area contributed by atoms with Crippen LogP contribution in [0, 0.1) is 0 Å². The Kier molecular flexibility index (Phi) is 4.09. The van der Waals surface area contributed by atoms with E-state index in [4.69, 9.17) is 11.6 Å². The number of para-hydroxylation sites is 1. The molecular weight excluding hydrogens is 250 g/mol. The zero-order valence-corrected chi connectivity index (χ0v) is 11.4. The molecule has 1 aromatic carbocycles. The van der Waals surface area contributed by atoms with Crippen molar-refractivity contribution >= 4 is 23.2 Å². The molecule has 0 saturated carbocycles. The van der Waals surface area contributed by atoms with Crippen LogP contribution < -0.4 is 10.2 Å². The fraction of sp³-hybridized carbons (Fsp3) is 0.462. The first-order chi connectivity index (χ1) is 8.65. The minimum atomic E-state index is -0.186. The number of rotatable bonds is 3. The van der Waals surface area contributed by atoms with Gasteiger partial charge in [-0.3, -0.25) is 4.79 Å². The molecule has 1 unspecified atom stereocenters. The molecule has 0 radical (unpaired) electrons. The molecule has 1 atom stereocenters. The number of nitrogens with one attached hydrogen (secondary N) is 1. The minimum Gasteiger partial charge on any atom is -0.355 e. The van der Waals surface area contributed by atoms with Crippen molar-refractivity contribution in [2.75, 3.05) is 38.6 Å². The molecule has 0 bridgehead atoms. The summed E-state index contributed by atoms with van der Waals surface area (Å²) in [5, 5.41) is 3.77. The van der Waals surface area contributed by atoms with Crippen molar-refractivity contribution in [3.8, 4) is 0 Å². The van der Waals surface area contributed by atoms with Gasteiger partial charge in [-0.1, -0.05) is 23.7 Å². The summed E-state index contributed by atoms with van der Waals surface area (Å²) in [7, 11) is 3.70. The van der Waals surface area contributed by atoms with Gasteiger partial charge < -0.3 is 15.1 Å². The average Bonchev–Trinajstić information content (AvgIpc) is 2.37. The number of halogens is 1. The predicted octanol–water partition coefficient (Wildman–Crippen LogP) is 1.21. The van der Waals surface area contributed by atoms with Crippen LogP contribution in [0.4, 0.5) is 5.69 Å². The summed E-state index contributed by atoms with van der Waals surface area (Å²) in [4.78, 5) is 16.1. The molecule has 18 heavy (non-hydrogen) atoms. The molecule has 0 spiro atoms. The standard InChI is InChI=1S/C13H18ClN3O/c1-15-9-12-13(18)16(2)7-8-17(12)11-6-4-3-5-10(11)14/h3-6,12,15H,7-9H2,1-2H3. The van der Waals surface area contributed by atoms with Crippen molar-refractivity contribution in [3.05, 3.63) is 29.3 Å². The van der Waals surface area contributed by atoms with Crippen LogP contribution in [0.25, 0.3) is 0 Å². The van der Waals surface area contributed by atoms with Crippen LogP contribution >= 0.6 is 11.6 Å². The van der Waals surface area contributed by atoms with Crippen LogP contribution in [0.1, 0.15) is 0 Å². The van der Waals surface area contributed by atoms with Crippen molar-refractivity contribution in [3.63, 3.8) is 0 Å². The lowest BCUT2D eigenvalue weighted by Crippen LogP contribution is -2.59. The molecule has 2 rings (SSSR count). The first-order valence-electron chi connectivity index (χ1n) is 6.06. The predicted molar refractivity (Wildman–Crippen MR) is 74.1 cm³/mol. The molecule has 0 aliphatic carbocycles. The highest BCUT2D eigenvalue weighted by Gasteiger charge is 2.33. The first-order valence-corrected chi connectivity index (χ1v) is 6.43. The van der Waals surface area contributed by atoms with Crippen LogP contribution in [0.3, 0.4) is 0 Å². The molecule has 1 aliphatic heterocycles. The summed E-state index contributed by atoms with van der Waals surface area (Å²) >= 11 is 6.22. The second-order valence-corrected chi connectivity index (χ2v) is 4.89. The topological polar surface area (TPSA) is 35.6 Å². The molecule has 4 nitrogen and oxygen atoms in total. The second kappa shape index (κ2) is 5.59. The number of likely N-dealkylation sites (N-methyl/N-ethyl adjacent to an activating group) is 2. The summed E-state index contributed by atoms with van der Waals surface area (Å²) < 4.78 is 0. The lowest BCUT2D eigenvalue weighted by Gasteiger charge is -2.40. The summed E-state index contributed by atoms with van der Waals surface area (Å²) in [5.41, 5.74) is 0.931. The van der Waals surface area contributed by atoms with E-state index in [-0.39, 0.29) is 11.9 Å². The number of piperazine rings is 1. The molecule has 1 N–H and O–H groups in total. The van der Waals surface area contributed by atoms with Crippen LogP contribution in [0.2, 0.25) is 5.02 Å². The number of carbonyl (C=O) groups is 1. The highest BCUT2D eigenvalue weighted by molar-refractivity contribution is 6.33. The van der Waals surface area contributed by atoms with Gasteiger partial charge in [0.1, 0.15) is 6.04 Å². The van der Waals surface area contributed by atoms with Crippen molar-refractivity contribution < 1.29 is 4.79 Å². The SMILES string of the molecule is CNCC1C(=O)N(C)CCN1c1ccccc1Cl. The summed E-state index contributed by atoms with van der Waals surface area (Å²) in [5.74, 6) is 0.135. The van der Waals surface area contributed by atoms with E-state index >= 15 is 0 Å². The minimum absolute atomic E-state index is 0.135. The van der Waals surface area contributed by atoms with Crippen molar-refractivity contribution in [2.24, 2.45) is 0 Å². The zero-order valence-electron chi connectivity index (χ0n) is 10.7. The van der Waals surface area contributed by atoms with E-state index in [1.54, 1.807) is 4.90 Å². The molecule has 5 heteroatoms. The molecule has 1 amide bonds. The van der Waals surface area contributed by atoms with Crippen molar-refractivity contribution in [2.45, 2.75) is 6.04 Å². The maximum Gasteiger partial charge on any atom is 0.246 e. The van der Waals surface area contributed by atoms with Gasteiger partial charge in [0.25, 0.3) is 0 Å². The smallest absolute Gasteiger partial charge is 0.246 e. The molecule has 1 saturated heterocycles. The van der Waals surface area contributed by atoms with E-state index < -0.39 is 0 Å². The number of hydrogen-bond acceptors (Lipinski definition) is 3. The highest BCUT2D eigenvalue weighted by Crippen LogP contribution is 2.28. The Labute approximate surface area is 113 Å². The van der Waals surface area contributed by atoms with Crippen LogP contribution in [0.5, 0.6) is 0 Å². The Balaban J connectivity index is 2.30. The summed E-state index contributed by atoms with van der Waals surface area (Å²) in [6.07, 6.45) is 0. The molecule has 0 aromatic heterocycles. The molecule has 1 aliphatic rings. The zero-order chi connectivity index (χ0) is 13.1. The fourth-order valence-electron chi connectivity index (χ4n) is 2.28. The third-order valence-electron chi connectivity index (χ3n) is 3.27. The van der Waals surface area contributed by atoms with Gasteiger partial charge in [0.2, 0.25) is 5.91 Å². The molecule has 1 heterocycles. The van der Waals surface area contributed by atoms with Gasteiger partial charge in [-0.2, -0.15) is 0 Å². The number of hydrogen-bond donors (Lipinski definition) is 1. The van der Waals surface area contributed by atoms with Crippen LogP contribution in [-0.2, 0) is 4.79 Å². The monoisotopic (exact) mass is 267 g/mol. The number of nitrogens with zero attached hydrogens (tertiary/aromatic N) is 2. The summed E-state index contributed by atoms with van der Waals surface area (Å²) in [6, 6.07) is 7.48. The van der Waals surface area contributed by atoms with Gasteiger partial charge in [-0.15, -0.1) is 0 Å². The van der Waals surface area contributed by atoms with Crippen LogP contribution in [0.15, 0.2) is 24.3 Å². The Bertz CT molecular complexity index is 438. The van der Waals surface area contributed by atoms with E-state index in [0.29, 0.717) is 11.6 Å². The van der Waals surface area contributed by atoms with Gasteiger partial charge in [0.15, 0.2) is 0 Å². The molecule has 1 fully saturated rings. The molecule has 98 valence electrons. The fourth-order valence-corrected chi connectivity index (χ4v) is 2.52. The Morgan fingerprint density at radius 3 is 2.78 bits per heavy atom. The Morgan fingerprint density at radius 2 is 2.11 bits per heavy atom. The number of benzene rings is 1. The maximum absolute atomic E-state index is 12.2. The lowest BCUT2D eigenvalue weighted by atomic mass is 10.1. The van der Waals surface area contributed by atoms with Crippen LogP contribution in [-0.4, -0.2) is 50.6 Å². The van der Waals surface area contributed by atoms with Gasteiger partial charge in [-0.05, 0) is 19.2 Å². The van der Waals surface area contributed by atoms with Gasteiger partial charge in [-0.25, -0.2) is 0 Å². The van der Waals surface area contributed by atoms with E-state index in [1.807, 2.05) is 38.4 Å². The molecule has 1 aromatic rings. The number of carbonyl (C=O) groups excluding carboxylic acids is 1. The van der Waals surface area contributed by atoms with E-state index in [2.05, 4.69) is 10.2 Å². The average molecular weight is 268 g/mol. The normalized spacial score (nSPS) is 20.4. The third-order valence-corrected chi connectivity index (χ3v) is 3.59. The first kappa shape index (κ1) is 13.2. The molecular formula is C13H18ClN3O. The quantitative estimate of drug-likeness (QED) is 0.894. The van der Waals surface area contributed by atoms with E-state index in [9.17, 15) is 4.79 Å². The van der Waals surface area contributed by atoms with Gasteiger partial charge >= 0.3 is 0 Å². The third kappa shape index (κ3) is 2.44. The Hall–Kier alpha value is -1.26. The van der Waals surface area contributed by atoms with E-state index in [0.717, 1.165) is 18.8 Å². The van der Waals surface area contributed by atoms with Gasteiger partial charge in [0.05, 0.1) is 10.7 Å². The summed E-state index contributed by atoms with van der Waals surface area (Å²) in [6.45, 7) is 2.15. The van der Waals surface area contributed by atoms with E-state index in [1.165, 1.54) is 0 Å². The highest BCUT2D eigenvalue weighted by atomic mass is 35.5. The van der Waals surface area contributed by atoms with Gasteiger partial charge in [0, 0.05) is 26.7 Å². The van der Waals surface area contributed by atoms with Crippen molar-refractivity contribution in [1.82, 2.24) is 10.2 Å². The lowest BCUT2D eigenvalue weighted by molar-refractivity contribution is -0.132. The Morgan fingerprint density at radius 1 is 1.39 bits per heavy atom. The number of amides is 1. The largest absolute Gasteiger partial charge is 0.355 e. The maximum atomic E-state index is 12.2. The number of anilines is 1. The van der Waals surface area contributed by atoms with Crippen molar-refractivity contribution in [1.29, 1.82) is 0 Å². The second-order valence-electron chi connectivity index (χ2n) is 4.48.